The van der Waals surface area contributed by atoms with Crippen molar-refractivity contribution in [3.63, 3.8) is 0 Å². The van der Waals surface area contributed by atoms with E-state index in [1.807, 2.05) is 20.8 Å². The number of aliphatic hydroxyl groups is 1. The van der Waals surface area contributed by atoms with Gasteiger partial charge in [0.15, 0.2) is 0 Å². The third-order valence-corrected chi connectivity index (χ3v) is 7.79. The Kier molecular flexibility index (Phi) is 7.52. The Morgan fingerprint density at radius 2 is 1.74 bits per heavy atom. The molecule has 5 rings (SSSR count). The number of anilines is 2. The maximum atomic E-state index is 12.5. The number of carbonyl (C=O) groups is 2. The molecule has 2 amide bonds. The molecule has 2 aromatic rings. The molecular formula is C30H40N4O4. The molecule has 0 bridgehead atoms. The Hall–Kier alpha value is -3.26. The predicted molar refractivity (Wildman–Crippen MR) is 148 cm³/mol. The molecule has 2 aromatic carbocycles. The van der Waals surface area contributed by atoms with E-state index in [0.717, 1.165) is 38.0 Å². The Morgan fingerprint density at radius 3 is 2.42 bits per heavy atom. The highest BCUT2D eigenvalue weighted by molar-refractivity contribution is 5.85. The zero-order valence-corrected chi connectivity index (χ0v) is 22.7. The van der Waals surface area contributed by atoms with E-state index in [4.69, 9.17) is 4.74 Å². The molecule has 3 N–H and O–H groups in total. The molecule has 0 spiro atoms. The van der Waals surface area contributed by atoms with E-state index in [0.29, 0.717) is 31.8 Å². The molecule has 3 aliphatic heterocycles. The van der Waals surface area contributed by atoms with E-state index in [2.05, 4.69) is 58.0 Å². The minimum atomic E-state index is -0.732. The number of nitrogens with zero attached hydrogens (tertiary/aromatic N) is 2. The van der Waals surface area contributed by atoms with Crippen LogP contribution in [0.25, 0.3) is 0 Å². The van der Waals surface area contributed by atoms with E-state index >= 15 is 0 Å². The lowest BCUT2D eigenvalue weighted by atomic mass is 9.89. The molecule has 2 unspecified atom stereocenters. The van der Waals surface area contributed by atoms with Gasteiger partial charge in [-0.1, -0.05) is 18.2 Å². The van der Waals surface area contributed by atoms with E-state index in [1.54, 1.807) is 4.90 Å². The highest BCUT2D eigenvalue weighted by atomic mass is 16.6. The van der Waals surface area contributed by atoms with Crippen LogP contribution in [0.4, 0.5) is 16.2 Å². The van der Waals surface area contributed by atoms with Gasteiger partial charge >= 0.3 is 6.09 Å². The highest BCUT2D eigenvalue weighted by Crippen LogP contribution is 2.33. The Morgan fingerprint density at radius 1 is 1.00 bits per heavy atom. The van der Waals surface area contributed by atoms with Gasteiger partial charge in [-0.05, 0) is 99.7 Å². The van der Waals surface area contributed by atoms with Crippen LogP contribution in [0.5, 0.6) is 0 Å². The van der Waals surface area contributed by atoms with Crippen LogP contribution in [0.3, 0.4) is 0 Å². The fourth-order valence-corrected chi connectivity index (χ4v) is 5.67. The number of nitrogens with one attached hydrogen (secondary N) is 2. The third kappa shape index (κ3) is 6.23. The molecule has 0 saturated carbocycles. The van der Waals surface area contributed by atoms with Gasteiger partial charge in [0.1, 0.15) is 17.9 Å². The fourth-order valence-electron chi connectivity index (χ4n) is 5.67. The topological polar surface area (TPSA) is 94.1 Å². The summed E-state index contributed by atoms with van der Waals surface area (Å²) in [6.45, 7) is 9.01. The lowest BCUT2D eigenvalue weighted by molar-refractivity contribution is -0.127. The maximum Gasteiger partial charge on any atom is 0.410 e. The minimum Gasteiger partial charge on any atom is -0.444 e. The number of amides is 2. The molecule has 2 saturated heterocycles. The van der Waals surface area contributed by atoms with Crippen molar-refractivity contribution >= 4 is 23.4 Å². The molecule has 2 fully saturated rings. The van der Waals surface area contributed by atoms with Crippen LogP contribution in [0.15, 0.2) is 42.5 Å². The van der Waals surface area contributed by atoms with Crippen LogP contribution >= 0.6 is 0 Å². The van der Waals surface area contributed by atoms with Crippen LogP contribution in [0.2, 0.25) is 0 Å². The molecule has 2 atom stereocenters. The van der Waals surface area contributed by atoms with Crippen molar-refractivity contribution in [2.45, 2.75) is 83.2 Å². The van der Waals surface area contributed by atoms with E-state index in [-0.39, 0.29) is 18.0 Å². The maximum absolute atomic E-state index is 12.5. The summed E-state index contributed by atoms with van der Waals surface area (Å²) in [6, 6.07) is 14.8. The van der Waals surface area contributed by atoms with Crippen LogP contribution in [0.1, 0.15) is 69.1 Å². The summed E-state index contributed by atoms with van der Waals surface area (Å²) in [6.07, 6.45) is 3.26. The summed E-state index contributed by atoms with van der Waals surface area (Å²) in [4.78, 5) is 28.8. The van der Waals surface area contributed by atoms with Gasteiger partial charge in [0.2, 0.25) is 5.91 Å². The molecule has 8 heteroatoms. The van der Waals surface area contributed by atoms with Crippen molar-refractivity contribution in [3.8, 4) is 0 Å². The van der Waals surface area contributed by atoms with Gasteiger partial charge in [0, 0.05) is 37.6 Å². The van der Waals surface area contributed by atoms with Gasteiger partial charge in [0.05, 0.1) is 0 Å². The first-order valence-corrected chi connectivity index (χ1v) is 13.8. The number of fused-ring (bicyclic) bond motifs is 1. The quantitative estimate of drug-likeness (QED) is 0.554. The van der Waals surface area contributed by atoms with Crippen molar-refractivity contribution < 1.29 is 19.4 Å². The lowest BCUT2D eigenvalue weighted by Crippen LogP contribution is -2.49. The zero-order chi connectivity index (χ0) is 26.9. The van der Waals surface area contributed by atoms with Crippen molar-refractivity contribution in [1.29, 1.82) is 0 Å². The first kappa shape index (κ1) is 26.4. The highest BCUT2D eigenvalue weighted by Gasteiger charge is 2.28. The number of rotatable bonds is 4. The Balaban J connectivity index is 1.14. The summed E-state index contributed by atoms with van der Waals surface area (Å²) in [7, 11) is 0. The smallest absolute Gasteiger partial charge is 0.410 e. The monoisotopic (exact) mass is 520 g/mol. The minimum absolute atomic E-state index is 0.150. The number of hydrogen-bond acceptors (Lipinski definition) is 6. The molecule has 3 aliphatic rings. The van der Waals surface area contributed by atoms with Crippen LogP contribution in [-0.2, 0) is 22.5 Å². The summed E-state index contributed by atoms with van der Waals surface area (Å²) < 4.78 is 5.56. The molecule has 3 heterocycles. The third-order valence-electron chi connectivity index (χ3n) is 7.79. The number of benzene rings is 2. The van der Waals surface area contributed by atoms with Gasteiger partial charge in [-0.2, -0.15) is 0 Å². The van der Waals surface area contributed by atoms with E-state index < -0.39 is 11.8 Å². The van der Waals surface area contributed by atoms with Crippen LogP contribution in [-0.4, -0.2) is 59.5 Å². The lowest BCUT2D eigenvalue weighted by Gasteiger charge is -2.35. The number of ether oxygens (including phenoxy) is 1. The molecule has 0 radical (unpaired) electrons. The molecule has 204 valence electrons. The van der Waals surface area contributed by atoms with Crippen molar-refractivity contribution in [2.24, 2.45) is 0 Å². The molecule has 8 nitrogen and oxygen atoms in total. The zero-order valence-electron chi connectivity index (χ0n) is 22.7. The normalized spacial score (nSPS) is 22.5. The average molecular weight is 521 g/mol. The standard InChI is InChI=1S/C30H40N4O4/c1-30(2,3)38-29(37)34-17-14-22-18-25(9-6-23(22)19-34)33-15-12-21(13-16-33)20-4-7-24(8-5-20)31-26-10-11-27(35)32-28(26)36/h4-9,18,21,26-27,31,35H,10-17,19H2,1-3H3,(H,32,36). The number of hydrogen-bond donors (Lipinski definition) is 3. The summed E-state index contributed by atoms with van der Waals surface area (Å²) >= 11 is 0. The molecular weight excluding hydrogens is 480 g/mol. The summed E-state index contributed by atoms with van der Waals surface area (Å²) in [5, 5.41) is 15.4. The second-order valence-electron chi connectivity index (χ2n) is 11.8. The SMILES string of the molecule is CC(C)(C)OC(=O)N1CCc2cc(N3CCC(c4ccc(NC5CCC(O)NC5=O)cc4)CC3)ccc2C1. The van der Waals surface area contributed by atoms with E-state index in [1.165, 1.54) is 22.4 Å². The van der Waals surface area contributed by atoms with E-state index in [9.17, 15) is 14.7 Å². The van der Waals surface area contributed by atoms with Crippen molar-refractivity contribution in [2.75, 3.05) is 29.9 Å². The Bertz CT molecular complexity index is 1150. The Labute approximate surface area is 225 Å². The largest absolute Gasteiger partial charge is 0.444 e. The molecule has 0 aliphatic carbocycles. The van der Waals surface area contributed by atoms with Gasteiger partial charge in [-0.15, -0.1) is 0 Å². The second kappa shape index (κ2) is 10.8. The van der Waals surface area contributed by atoms with Crippen LogP contribution < -0.4 is 15.5 Å². The van der Waals surface area contributed by atoms with Crippen molar-refractivity contribution in [3.05, 3.63) is 59.2 Å². The van der Waals surface area contributed by atoms with Crippen molar-refractivity contribution in [1.82, 2.24) is 10.2 Å². The van der Waals surface area contributed by atoms with Gasteiger partial charge in [-0.25, -0.2) is 4.79 Å². The average Bonchev–Trinajstić information content (AvgIpc) is 2.89. The second-order valence-corrected chi connectivity index (χ2v) is 11.8. The number of carbonyl (C=O) groups excluding carboxylic acids is 2. The van der Waals surface area contributed by atoms with Gasteiger partial charge in [-0.3, -0.25) is 4.79 Å². The number of piperidine rings is 2. The van der Waals surface area contributed by atoms with Gasteiger partial charge in [0.25, 0.3) is 0 Å². The summed E-state index contributed by atoms with van der Waals surface area (Å²) in [5.41, 5.74) is 5.59. The number of aliphatic hydroxyl groups excluding tert-OH is 1. The molecule has 38 heavy (non-hydrogen) atoms. The molecule has 0 aromatic heterocycles. The summed E-state index contributed by atoms with van der Waals surface area (Å²) in [5.74, 6) is 0.371. The van der Waals surface area contributed by atoms with Crippen LogP contribution in [0, 0.1) is 0 Å². The van der Waals surface area contributed by atoms with Gasteiger partial charge < -0.3 is 30.3 Å². The fraction of sp³-hybridized carbons (Fsp3) is 0.533. The predicted octanol–water partition coefficient (Wildman–Crippen LogP) is 4.37. The first-order chi connectivity index (χ1) is 18.1. The first-order valence-electron chi connectivity index (χ1n) is 13.8.